The molecule has 1 heterocycles. The van der Waals surface area contributed by atoms with Gasteiger partial charge in [-0.25, -0.2) is 9.18 Å². The quantitative estimate of drug-likeness (QED) is 0.621. The first kappa shape index (κ1) is 18.2. The Bertz CT molecular complexity index is 1070. The van der Waals surface area contributed by atoms with Crippen molar-refractivity contribution in [3.63, 3.8) is 0 Å². The molecule has 0 aromatic heterocycles. The number of fused-ring (bicyclic) bond motifs is 1. The Balaban J connectivity index is 1.58. The van der Waals surface area contributed by atoms with Crippen molar-refractivity contribution < 1.29 is 18.7 Å². The van der Waals surface area contributed by atoms with Gasteiger partial charge < -0.3 is 10.1 Å². The standard InChI is InChI=1S/C22H15ClFNO3/c23-16-7-4-13(5-8-16)20-11-15-10-14(6-9-19(15)22(27)28-20)21(26)25-18-3-1-2-17(24)12-18/h1-10,12,20H,11H2,(H,25,26). The number of benzene rings is 3. The van der Waals surface area contributed by atoms with Gasteiger partial charge in [0.05, 0.1) is 5.56 Å². The Labute approximate surface area is 165 Å². The molecule has 140 valence electrons. The van der Waals surface area contributed by atoms with E-state index in [2.05, 4.69) is 5.32 Å². The summed E-state index contributed by atoms with van der Waals surface area (Å²) >= 11 is 5.92. The molecule has 3 aromatic carbocycles. The van der Waals surface area contributed by atoms with E-state index >= 15 is 0 Å². The minimum Gasteiger partial charge on any atom is -0.454 e. The fourth-order valence-corrected chi connectivity index (χ4v) is 3.30. The number of rotatable bonds is 3. The lowest BCUT2D eigenvalue weighted by Crippen LogP contribution is -2.23. The SMILES string of the molecule is O=C(Nc1cccc(F)c1)c1ccc2c(c1)CC(c1ccc(Cl)cc1)OC2=O. The van der Waals surface area contributed by atoms with Crippen LogP contribution in [0.4, 0.5) is 10.1 Å². The number of hydrogen-bond donors (Lipinski definition) is 1. The molecular formula is C22H15ClFNO3. The van der Waals surface area contributed by atoms with Gasteiger partial charge in [-0.15, -0.1) is 0 Å². The Morgan fingerprint density at radius 2 is 1.86 bits per heavy atom. The molecule has 0 radical (unpaired) electrons. The number of carbonyl (C=O) groups is 2. The Kier molecular flexibility index (Phi) is 4.84. The second-order valence-corrected chi connectivity index (χ2v) is 6.92. The van der Waals surface area contributed by atoms with E-state index in [1.807, 2.05) is 12.1 Å². The molecule has 0 spiro atoms. The van der Waals surface area contributed by atoms with Gasteiger partial charge in [-0.2, -0.15) is 0 Å². The van der Waals surface area contributed by atoms with E-state index in [0.29, 0.717) is 28.3 Å². The van der Waals surface area contributed by atoms with Gasteiger partial charge in [0.2, 0.25) is 0 Å². The number of halogens is 2. The zero-order chi connectivity index (χ0) is 19.7. The summed E-state index contributed by atoms with van der Waals surface area (Å²) in [6.07, 6.45) is 0.00265. The van der Waals surface area contributed by atoms with E-state index in [1.54, 1.807) is 36.4 Å². The monoisotopic (exact) mass is 395 g/mol. The number of carbonyl (C=O) groups excluding carboxylic acids is 2. The molecule has 28 heavy (non-hydrogen) atoms. The number of esters is 1. The Morgan fingerprint density at radius 1 is 1.07 bits per heavy atom. The summed E-state index contributed by atoms with van der Waals surface area (Å²) in [6.45, 7) is 0. The van der Waals surface area contributed by atoms with Gasteiger partial charge in [-0.05, 0) is 59.7 Å². The summed E-state index contributed by atoms with van der Waals surface area (Å²) in [5.41, 5.74) is 2.74. The van der Waals surface area contributed by atoms with Crippen LogP contribution >= 0.6 is 11.6 Å². The van der Waals surface area contributed by atoms with E-state index in [-0.39, 0.29) is 5.91 Å². The van der Waals surface area contributed by atoms with Crippen LogP contribution in [0.3, 0.4) is 0 Å². The predicted octanol–water partition coefficient (Wildman–Crippen LogP) is 5.19. The Morgan fingerprint density at radius 3 is 2.61 bits per heavy atom. The van der Waals surface area contributed by atoms with Crippen LogP contribution in [0, 0.1) is 5.82 Å². The van der Waals surface area contributed by atoms with Gasteiger partial charge in [0.25, 0.3) is 5.91 Å². The molecular weight excluding hydrogens is 381 g/mol. The smallest absolute Gasteiger partial charge is 0.339 e. The third-order valence-electron chi connectivity index (χ3n) is 4.57. The summed E-state index contributed by atoms with van der Waals surface area (Å²) in [4.78, 5) is 24.9. The van der Waals surface area contributed by atoms with Crippen molar-refractivity contribution in [3.05, 3.63) is 99.8 Å². The summed E-state index contributed by atoms with van der Waals surface area (Å²) in [6, 6.07) is 17.6. The van der Waals surface area contributed by atoms with Gasteiger partial charge >= 0.3 is 5.97 Å². The van der Waals surface area contributed by atoms with Crippen LogP contribution in [-0.2, 0) is 11.2 Å². The zero-order valence-corrected chi connectivity index (χ0v) is 15.4. The van der Waals surface area contributed by atoms with Crippen molar-refractivity contribution in [3.8, 4) is 0 Å². The molecule has 1 N–H and O–H groups in total. The van der Waals surface area contributed by atoms with Crippen LogP contribution < -0.4 is 5.32 Å². The van der Waals surface area contributed by atoms with Gasteiger partial charge in [-0.1, -0.05) is 29.8 Å². The first-order valence-corrected chi connectivity index (χ1v) is 9.04. The lowest BCUT2D eigenvalue weighted by atomic mass is 9.93. The van der Waals surface area contributed by atoms with Crippen molar-refractivity contribution in [2.45, 2.75) is 12.5 Å². The van der Waals surface area contributed by atoms with Crippen LogP contribution in [-0.4, -0.2) is 11.9 Å². The molecule has 3 aromatic rings. The Hall–Kier alpha value is -3.18. The van der Waals surface area contributed by atoms with E-state index in [4.69, 9.17) is 16.3 Å². The van der Waals surface area contributed by atoms with Gasteiger partial charge in [0.1, 0.15) is 11.9 Å². The van der Waals surface area contributed by atoms with Crippen molar-refractivity contribution in [2.75, 3.05) is 5.32 Å². The van der Waals surface area contributed by atoms with Crippen molar-refractivity contribution in [1.29, 1.82) is 0 Å². The number of ether oxygens (including phenoxy) is 1. The highest BCUT2D eigenvalue weighted by molar-refractivity contribution is 6.30. The second kappa shape index (κ2) is 7.44. The molecule has 1 atom stereocenters. The highest BCUT2D eigenvalue weighted by Gasteiger charge is 2.28. The zero-order valence-electron chi connectivity index (χ0n) is 14.6. The fraction of sp³-hybridized carbons (Fsp3) is 0.0909. The van der Waals surface area contributed by atoms with Crippen molar-refractivity contribution in [1.82, 2.24) is 0 Å². The summed E-state index contributed by atoms with van der Waals surface area (Å²) < 4.78 is 18.8. The van der Waals surface area contributed by atoms with Gasteiger partial charge in [0, 0.05) is 22.7 Å². The average Bonchev–Trinajstić information content (AvgIpc) is 2.68. The summed E-state index contributed by atoms with van der Waals surface area (Å²) in [7, 11) is 0. The van der Waals surface area contributed by atoms with Crippen LogP contribution in [0.2, 0.25) is 5.02 Å². The van der Waals surface area contributed by atoms with Crippen LogP contribution in [0.1, 0.15) is 37.9 Å². The maximum atomic E-state index is 13.3. The van der Waals surface area contributed by atoms with Gasteiger partial charge in [0.15, 0.2) is 0 Å². The largest absolute Gasteiger partial charge is 0.454 e. The highest BCUT2D eigenvalue weighted by atomic mass is 35.5. The molecule has 0 bridgehead atoms. The fourth-order valence-electron chi connectivity index (χ4n) is 3.17. The highest BCUT2D eigenvalue weighted by Crippen LogP contribution is 2.31. The van der Waals surface area contributed by atoms with E-state index in [0.717, 1.165) is 11.1 Å². The van der Waals surface area contributed by atoms with Crippen molar-refractivity contribution in [2.24, 2.45) is 0 Å². The summed E-state index contributed by atoms with van der Waals surface area (Å²) in [5.74, 6) is -1.24. The molecule has 1 aliphatic rings. The maximum absolute atomic E-state index is 13.3. The number of anilines is 1. The number of amides is 1. The number of hydrogen-bond acceptors (Lipinski definition) is 3. The third kappa shape index (κ3) is 3.75. The van der Waals surface area contributed by atoms with Crippen LogP contribution in [0.25, 0.3) is 0 Å². The molecule has 0 saturated carbocycles. The first-order chi connectivity index (χ1) is 13.5. The molecule has 1 aliphatic heterocycles. The maximum Gasteiger partial charge on any atom is 0.339 e. The minimum absolute atomic E-state index is 0.362. The van der Waals surface area contributed by atoms with Gasteiger partial charge in [-0.3, -0.25) is 4.79 Å². The topological polar surface area (TPSA) is 55.4 Å². The minimum atomic E-state index is -0.446. The normalized spacial score (nSPS) is 15.5. The lowest BCUT2D eigenvalue weighted by molar-refractivity contribution is 0.0252. The van der Waals surface area contributed by atoms with Crippen LogP contribution in [0.15, 0.2) is 66.7 Å². The van der Waals surface area contributed by atoms with Crippen LogP contribution in [0.5, 0.6) is 0 Å². The number of nitrogens with one attached hydrogen (secondary N) is 1. The van der Waals surface area contributed by atoms with E-state index < -0.39 is 17.9 Å². The number of cyclic esters (lactones) is 1. The molecule has 1 unspecified atom stereocenters. The molecule has 4 rings (SSSR count). The molecule has 6 heteroatoms. The molecule has 4 nitrogen and oxygen atoms in total. The van der Waals surface area contributed by atoms with E-state index in [1.165, 1.54) is 18.2 Å². The van der Waals surface area contributed by atoms with Crippen molar-refractivity contribution >= 4 is 29.2 Å². The van der Waals surface area contributed by atoms with E-state index in [9.17, 15) is 14.0 Å². The lowest BCUT2D eigenvalue weighted by Gasteiger charge is -2.25. The second-order valence-electron chi connectivity index (χ2n) is 6.49. The first-order valence-electron chi connectivity index (χ1n) is 8.66. The third-order valence-corrected chi connectivity index (χ3v) is 4.82. The molecule has 0 saturated heterocycles. The molecule has 0 fully saturated rings. The summed E-state index contributed by atoms with van der Waals surface area (Å²) in [5, 5.41) is 3.26. The average molecular weight is 396 g/mol. The molecule has 0 aliphatic carbocycles. The molecule has 1 amide bonds. The predicted molar refractivity (Wildman–Crippen MR) is 104 cm³/mol.